The zero-order valence-electron chi connectivity index (χ0n) is 9.89. The van der Waals surface area contributed by atoms with E-state index >= 15 is 0 Å². The predicted octanol–water partition coefficient (Wildman–Crippen LogP) is 2.38. The topological polar surface area (TPSA) is 38.0 Å². The molecule has 1 aromatic rings. The summed E-state index contributed by atoms with van der Waals surface area (Å²) in [6, 6.07) is 0. The minimum atomic E-state index is 0.180. The summed E-state index contributed by atoms with van der Waals surface area (Å²) in [5.41, 5.74) is 2.27. The minimum absolute atomic E-state index is 0.180. The molecule has 16 heavy (non-hydrogen) atoms. The van der Waals surface area contributed by atoms with Gasteiger partial charge in [-0.05, 0) is 24.3 Å². The van der Waals surface area contributed by atoms with Crippen LogP contribution in [-0.2, 0) is 7.05 Å². The van der Waals surface area contributed by atoms with Gasteiger partial charge in [0, 0.05) is 18.8 Å². The van der Waals surface area contributed by atoms with Crippen LogP contribution in [0, 0.1) is 5.92 Å². The molecule has 1 aliphatic carbocycles. The fourth-order valence-corrected chi connectivity index (χ4v) is 2.49. The highest BCUT2D eigenvalue weighted by atomic mass is 16.3. The van der Waals surface area contributed by atoms with Gasteiger partial charge in [-0.2, -0.15) is 5.10 Å². The molecule has 3 nitrogen and oxygen atoms in total. The Labute approximate surface area is 96.8 Å². The van der Waals surface area contributed by atoms with Gasteiger partial charge in [-0.25, -0.2) is 0 Å². The van der Waals surface area contributed by atoms with Crippen LogP contribution < -0.4 is 0 Å². The standard InChI is InChI=1S/C13H20N2O/c1-15-9-11(8-14-15)7-13(10-16)12-5-3-2-4-6-12/h7-9,12,16H,2-6,10H2,1H3. The average molecular weight is 220 g/mol. The molecular formula is C13H20N2O. The first kappa shape index (κ1) is 11.4. The van der Waals surface area contributed by atoms with E-state index in [1.54, 1.807) is 4.68 Å². The second kappa shape index (κ2) is 5.30. The van der Waals surface area contributed by atoms with Gasteiger partial charge in [0.05, 0.1) is 12.8 Å². The van der Waals surface area contributed by atoms with Crippen LogP contribution in [0.25, 0.3) is 6.08 Å². The largest absolute Gasteiger partial charge is 0.392 e. The number of aryl methyl sites for hydroxylation is 1. The molecule has 1 fully saturated rings. The zero-order chi connectivity index (χ0) is 11.4. The van der Waals surface area contributed by atoms with Crippen LogP contribution >= 0.6 is 0 Å². The van der Waals surface area contributed by atoms with Gasteiger partial charge >= 0.3 is 0 Å². The lowest BCUT2D eigenvalue weighted by molar-refractivity contribution is 0.295. The van der Waals surface area contributed by atoms with Gasteiger partial charge < -0.3 is 5.11 Å². The Morgan fingerprint density at radius 2 is 2.25 bits per heavy atom. The molecule has 0 amide bonds. The van der Waals surface area contributed by atoms with E-state index in [9.17, 15) is 5.11 Å². The normalized spacial score (nSPS) is 19.0. The summed E-state index contributed by atoms with van der Waals surface area (Å²) < 4.78 is 1.79. The van der Waals surface area contributed by atoms with Crippen LogP contribution in [0.5, 0.6) is 0 Å². The molecule has 1 aromatic heterocycles. The van der Waals surface area contributed by atoms with Crippen LogP contribution in [0.4, 0.5) is 0 Å². The van der Waals surface area contributed by atoms with Crippen molar-refractivity contribution in [2.75, 3.05) is 6.61 Å². The predicted molar refractivity (Wildman–Crippen MR) is 64.8 cm³/mol. The molecule has 1 aliphatic rings. The molecule has 3 heteroatoms. The lowest BCUT2D eigenvalue weighted by Crippen LogP contribution is -2.11. The number of aliphatic hydroxyl groups excluding tert-OH is 1. The Balaban J connectivity index is 2.11. The van der Waals surface area contributed by atoms with Crippen LogP contribution in [-0.4, -0.2) is 21.5 Å². The maximum absolute atomic E-state index is 9.45. The maximum Gasteiger partial charge on any atom is 0.0647 e. The van der Waals surface area contributed by atoms with Gasteiger partial charge in [-0.3, -0.25) is 4.68 Å². The van der Waals surface area contributed by atoms with Crippen LogP contribution in [0.15, 0.2) is 18.0 Å². The molecule has 0 aliphatic heterocycles. The van der Waals surface area contributed by atoms with Crippen molar-refractivity contribution < 1.29 is 5.11 Å². The fourth-order valence-electron chi connectivity index (χ4n) is 2.49. The van der Waals surface area contributed by atoms with E-state index in [0.717, 1.165) is 5.56 Å². The molecule has 0 atom stereocenters. The van der Waals surface area contributed by atoms with Crippen molar-refractivity contribution >= 4 is 6.08 Å². The van der Waals surface area contributed by atoms with Gasteiger partial charge in [-0.1, -0.05) is 25.3 Å². The van der Waals surface area contributed by atoms with E-state index in [1.807, 2.05) is 19.4 Å². The Kier molecular flexibility index (Phi) is 3.78. The van der Waals surface area contributed by atoms with E-state index in [2.05, 4.69) is 11.2 Å². The zero-order valence-corrected chi connectivity index (χ0v) is 9.89. The van der Waals surface area contributed by atoms with Gasteiger partial charge in [0.2, 0.25) is 0 Å². The third-order valence-electron chi connectivity index (χ3n) is 3.39. The monoisotopic (exact) mass is 220 g/mol. The first-order chi connectivity index (χ1) is 7.79. The number of aliphatic hydroxyl groups is 1. The Bertz CT molecular complexity index is 362. The van der Waals surface area contributed by atoms with E-state index in [0.29, 0.717) is 5.92 Å². The Morgan fingerprint density at radius 1 is 1.50 bits per heavy atom. The Morgan fingerprint density at radius 3 is 2.81 bits per heavy atom. The van der Waals surface area contributed by atoms with Gasteiger partial charge in [0.15, 0.2) is 0 Å². The third-order valence-corrected chi connectivity index (χ3v) is 3.39. The van der Waals surface area contributed by atoms with Crippen LogP contribution in [0.2, 0.25) is 0 Å². The lowest BCUT2D eigenvalue weighted by Gasteiger charge is -2.23. The average Bonchev–Trinajstić information content (AvgIpc) is 2.73. The molecule has 0 aromatic carbocycles. The van der Waals surface area contributed by atoms with Crippen molar-refractivity contribution in [3.63, 3.8) is 0 Å². The van der Waals surface area contributed by atoms with Crippen molar-refractivity contribution in [1.82, 2.24) is 9.78 Å². The number of rotatable bonds is 3. The first-order valence-corrected chi connectivity index (χ1v) is 6.09. The quantitative estimate of drug-likeness (QED) is 0.849. The summed E-state index contributed by atoms with van der Waals surface area (Å²) in [6.45, 7) is 0.180. The molecule has 0 radical (unpaired) electrons. The fraction of sp³-hybridized carbons (Fsp3) is 0.615. The first-order valence-electron chi connectivity index (χ1n) is 6.09. The van der Waals surface area contributed by atoms with Crippen LogP contribution in [0.3, 0.4) is 0 Å². The highest BCUT2D eigenvalue weighted by Crippen LogP contribution is 2.30. The highest BCUT2D eigenvalue weighted by Gasteiger charge is 2.17. The molecule has 88 valence electrons. The van der Waals surface area contributed by atoms with E-state index < -0.39 is 0 Å². The molecular weight excluding hydrogens is 200 g/mol. The van der Waals surface area contributed by atoms with Gasteiger partial charge in [-0.15, -0.1) is 0 Å². The second-order valence-electron chi connectivity index (χ2n) is 4.66. The van der Waals surface area contributed by atoms with Crippen molar-refractivity contribution in [3.05, 3.63) is 23.5 Å². The minimum Gasteiger partial charge on any atom is -0.392 e. The van der Waals surface area contributed by atoms with E-state index in [4.69, 9.17) is 0 Å². The molecule has 0 spiro atoms. The van der Waals surface area contributed by atoms with E-state index in [1.165, 1.54) is 37.7 Å². The van der Waals surface area contributed by atoms with Crippen LogP contribution in [0.1, 0.15) is 37.7 Å². The summed E-state index contributed by atoms with van der Waals surface area (Å²) in [5.74, 6) is 0.582. The molecule has 2 rings (SSSR count). The molecule has 0 bridgehead atoms. The van der Waals surface area contributed by atoms with Gasteiger partial charge in [0.1, 0.15) is 0 Å². The molecule has 1 saturated carbocycles. The smallest absolute Gasteiger partial charge is 0.0647 e. The molecule has 1 N–H and O–H groups in total. The highest BCUT2D eigenvalue weighted by molar-refractivity contribution is 5.51. The lowest BCUT2D eigenvalue weighted by atomic mass is 9.83. The number of aromatic nitrogens is 2. The molecule has 0 saturated heterocycles. The molecule has 1 heterocycles. The maximum atomic E-state index is 9.45. The van der Waals surface area contributed by atoms with Crippen molar-refractivity contribution in [1.29, 1.82) is 0 Å². The number of nitrogens with zero attached hydrogens (tertiary/aromatic N) is 2. The number of hydrogen-bond donors (Lipinski definition) is 1. The summed E-state index contributed by atoms with van der Waals surface area (Å²) in [4.78, 5) is 0. The second-order valence-corrected chi connectivity index (χ2v) is 4.66. The summed E-state index contributed by atoms with van der Waals surface area (Å²) in [6.07, 6.45) is 12.3. The van der Waals surface area contributed by atoms with Crippen molar-refractivity contribution in [3.8, 4) is 0 Å². The summed E-state index contributed by atoms with van der Waals surface area (Å²) in [7, 11) is 1.91. The van der Waals surface area contributed by atoms with Gasteiger partial charge in [0.25, 0.3) is 0 Å². The van der Waals surface area contributed by atoms with Crippen molar-refractivity contribution in [2.24, 2.45) is 13.0 Å². The third kappa shape index (κ3) is 2.73. The van der Waals surface area contributed by atoms with Crippen molar-refractivity contribution in [2.45, 2.75) is 32.1 Å². The summed E-state index contributed by atoms with van der Waals surface area (Å²) >= 11 is 0. The number of hydrogen-bond acceptors (Lipinski definition) is 2. The van der Waals surface area contributed by atoms with E-state index in [-0.39, 0.29) is 6.61 Å². The SMILES string of the molecule is Cn1cc(C=C(CO)C2CCCCC2)cn1. The summed E-state index contributed by atoms with van der Waals surface area (Å²) in [5, 5.41) is 13.6. The Hall–Kier alpha value is -1.09. The molecule has 0 unspecified atom stereocenters.